The fraction of sp³-hybridized carbons (Fsp3) is 0.263. The van der Waals surface area contributed by atoms with Gasteiger partial charge in [0.15, 0.2) is 0 Å². The van der Waals surface area contributed by atoms with Crippen molar-refractivity contribution in [3.63, 3.8) is 0 Å². The number of hydrogen-bond donors (Lipinski definition) is 1. The van der Waals surface area contributed by atoms with Gasteiger partial charge in [-0.15, -0.1) is 0 Å². The van der Waals surface area contributed by atoms with Gasteiger partial charge in [0.25, 0.3) is 0 Å². The molecule has 0 aliphatic carbocycles. The van der Waals surface area contributed by atoms with Crippen LogP contribution < -0.4 is 5.32 Å². The van der Waals surface area contributed by atoms with E-state index in [4.69, 9.17) is 0 Å². The normalized spacial score (nSPS) is 11.6. The Hall–Kier alpha value is -2.62. The van der Waals surface area contributed by atoms with Crippen molar-refractivity contribution >= 4 is 18.0 Å². The second-order valence-corrected chi connectivity index (χ2v) is 5.84. The average Bonchev–Trinajstić information content (AvgIpc) is 2.51. The van der Waals surface area contributed by atoms with Gasteiger partial charge in [0.2, 0.25) is 12.3 Å². The monoisotopic (exact) mass is 310 g/mol. The largest absolute Gasteiger partial charge is 0.336 e. The molecule has 2 amide bonds. The summed E-state index contributed by atoms with van der Waals surface area (Å²) in [6, 6.07) is 15.0. The third kappa shape index (κ3) is 4.68. The van der Waals surface area contributed by atoms with E-state index in [0.717, 1.165) is 22.4 Å². The third-order valence-electron chi connectivity index (χ3n) is 3.72. The maximum absolute atomic E-state index is 12.6. The fourth-order valence-electron chi connectivity index (χ4n) is 2.60. The molecule has 0 saturated heterocycles. The predicted molar refractivity (Wildman–Crippen MR) is 92.3 cm³/mol. The molecule has 0 fully saturated rings. The summed E-state index contributed by atoms with van der Waals surface area (Å²) in [5.41, 5.74) is 3.94. The number of amides is 2. The van der Waals surface area contributed by atoms with Crippen LogP contribution in [0.25, 0.3) is 0 Å². The van der Waals surface area contributed by atoms with Gasteiger partial charge in [-0.2, -0.15) is 0 Å². The van der Waals surface area contributed by atoms with Gasteiger partial charge in [0.1, 0.15) is 6.04 Å². The Balaban J connectivity index is 2.17. The van der Waals surface area contributed by atoms with Crippen molar-refractivity contribution in [3.8, 4) is 0 Å². The standard InChI is InChI=1S/C19H22N2O2/c1-14-9-15(2)11-17(10-14)20-19(23)18(21(3)13-22)12-16-7-5-4-6-8-16/h4-11,13,18H,12H2,1-3H3,(H,20,23)/t18-/m0/s1. The molecule has 0 aliphatic rings. The highest BCUT2D eigenvalue weighted by Gasteiger charge is 2.23. The summed E-state index contributed by atoms with van der Waals surface area (Å²) in [7, 11) is 1.63. The number of likely N-dealkylation sites (N-methyl/N-ethyl adjacent to an activating group) is 1. The second-order valence-electron chi connectivity index (χ2n) is 5.84. The van der Waals surface area contributed by atoms with Gasteiger partial charge >= 0.3 is 0 Å². The lowest BCUT2D eigenvalue weighted by Crippen LogP contribution is -2.42. The van der Waals surface area contributed by atoms with Crippen molar-refractivity contribution in [1.29, 1.82) is 0 Å². The van der Waals surface area contributed by atoms with Gasteiger partial charge in [-0.25, -0.2) is 0 Å². The predicted octanol–water partition coefficient (Wildman–Crippen LogP) is 2.94. The SMILES string of the molecule is Cc1cc(C)cc(NC(=O)[C@H](Cc2ccccc2)N(C)C=O)c1. The van der Waals surface area contributed by atoms with Gasteiger partial charge < -0.3 is 10.2 Å². The average molecular weight is 310 g/mol. The van der Waals surface area contributed by atoms with Crippen LogP contribution in [0.5, 0.6) is 0 Å². The highest BCUT2D eigenvalue weighted by molar-refractivity contribution is 5.96. The quantitative estimate of drug-likeness (QED) is 0.834. The Kier molecular flexibility index (Phi) is 5.52. The van der Waals surface area contributed by atoms with Crippen LogP contribution in [-0.2, 0) is 16.0 Å². The molecule has 0 saturated carbocycles. The topological polar surface area (TPSA) is 49.4 Å². The Bertz CT molecular complexity index is 663. The van der Waals surface area contributed by atoms with E-state index in [1.807, 2.05) is 56.3 Å². The highest BCUT2D eigenvalue weighted by atomic mass is 16.2. The number of nitrogens with zero attached hydrogens (tertiary/aromatic N) is 1. The molecule has 0 heterocycles. The smallest absolute Gasteiger partial charge is 0.247 e. The van der Waals surface area contributed by atoms with Gasteiger partial charge in [-0.3, -0.25) is 9.59 Å². The molecule has 2 aromatic carbocycles. The van der Waals surface area contributed by atoms with E-state index in [-0.39, 0.29) is 5.91 Å². The fourth-order valence-corrected chi connectivity index (χ4v) is 2.60. The summed E-state index contributed by atoms with van der Waals surface area (Å²) in [6.45, 7) is 3.98. The first-order chi connectivity index (χ1) is 11.0. The van der Waals surface area contributed by atoms with Crippen LogP contribution in [0.2, 0.25) is 0 Å². The summed E-state index contributed by atoms with van der Waals surface area (Å²) in [6.07, 6.45) is 1.17. The number of carbonyl (C=O) groups excluding carboxylic acids is 2. The van der Waals surface area contributed by atoms with E-state index in [1.165, 1.54) is 4.90 Å². The molecule has 0 bridgehead atoms. The van der Waals surface area contributed by atoms with Crippen LogP contribution in [0.3, 0.4) is 0 Å². The van der Waals surface area contributed by atoms with Gasteiger partial charge in [0, 0.05) is 19.2 Å². The number of rotatable bonds is 6. The first-order valence-corrected chi connectivity index (χ1v) is 7.60. The summed E-state index contributed by atoms with van der Waals surface area (Å²) in [5.74, 6) is -0.187. The lowest BCUT2D eigenvalue weighted by atomic mass is 10.0. The number of hydrogen-bond acceptors (Lipinski definition) is 2. The Morgan fingerprint density at radius 2 is 1.74 bits per heavy atom. The number of carbonyl (C=O) groups is 2. The van der Waals surface area contributed by atoms with Crippen LogP contribution in [0.1, 0.15) is 16.7 Å². The number of aryl methyl sites for hydroxylation is 2. The zero-order valence-electron chi connectivity index (χ0n) is 13.7. The minimum atomic E-state index is -0.546. The molecule has 0 unspecified atom stereocenters. The van der Waals surface area contributed by atoms with E-state index in [0.29, 0.717) is 12.8 Å². The molecule has 0 aliphatic heterocycles. The molecule has 120 valence electrons. The number of anilines is 1. The third-order valence-corrected chi connectivity index (χ3v) is 3.72. The minimum absolute atomic E-state index is 0.187. The summed E-state index contributed by atoms with van der Waals surface area (Å²) in [5, 5.41) is 2.92. The molecule has 1 N–H and O–H groups in total. The van der Waals surface area contributed by atoms with Crippen molar-refractivity contribution in [3.05, 3.63) is 65.2 Å². The lowest BCUT2D eigenvalue weighted by Gasteiger charge is -2.24. The van der Waals surface area contributed by atoms with E-state index >= 15 is 0 Å². The molecule has 0 spiro atoms. The van der Waals surface area contributed by atoms with Gasteiger partial charge in [-0.1, -0.05) is 36.4 Å². The van der Waals surface area contributed by atoms with E-state index in [9.17, 15) is 9.59 Å². The van der Waals surface area contributed by atoms with Gasteiger partial charge in [0.05, 0.1) is 0 Å². The van der Waals surface area contributed by atoms with Crippen LogP contribution in [0.15, 0.2) is 48.5 Å². The molecular formula is C19H22N2O2. The lowest BCUT2D eigenvalue weighted by molar-refractivity contribution is -0.128. The van der Waals surface area contributed by atoms with E-state index in [1.54, 1.807) is 7.05 Å². The van der Waals surface area contributed by atoms with Gasteiger partial charge in [-0.05, 0) is 42.7 Å². The molecule has 4 heteroatoms. The number of nitrogens with one attached hydrogen (secondary N) is 1. The molecule has 4 nitrogen and oxygen atoms in total. The highest BCUT2D eigenvalue weighted by Crippen LogP contribution is 2.15. The van der Waals surface area contributed by atoms with Crippen molar-refractivity contribution < 1.29 is 9.59 Å². The van der Waals surface area contributed by atoms with Crippen LogP contribution in [0.4, 0.5) is 5.69 Å². The van der Waals surface area contributed by atoms with Crippen LogP contribution in [-0.4, -0.2) is 30.3 Å². The summed E-state index contributed by atoms with van der Waals surface area (Å²) >= 11 is 0. The van der Waals surface area contributed by atoms with Crippen molar-refractivity contribution in [1.82, 2.24) is 4.90 Å². The number of benzene rings is 2. The zero-order chi connectivity index (χ0) is 16.8. The first kappa shape index (κ1) is 16.7. The summed E-state index contributed by atoms with van der Waals surface area (Å²) < 4.78 is 0. The second kappa shape index (κ2) is 7.58. The molecule has 0 radical (unpaired) electrons. The van der Waals surface area contributed by atoms with Crippen LogP contribution in [0, 0.1) is 13.8 Å². The maximum atomic E-state index is 12.6. The Morgan fingerprint density at radius 3 is 2.30 bits per heavy atom. The Morgan fingerprint density at radius 1 is 1.13 bits per heavy atom. The zero-order valence-corrected chi connectivity index (χ0v) is 13.7. The molecular weight excluding hydrogens is 288 g/mol. The molecule has 0 aromatic heterocycles. The van der Waals surface area contributed by atoms with Crippen molar-refractivity contribution in [2.24, 2.45) is 0 Å². The molecule has 23 heavy (non-hydrogen) atoms. The maximum Gasteiger partial charge on any atom is 0.247 e. The molecule has 2 aromatic rings. The van der Waals surface area contributed by atoms with Crippen molar-refractivity contribution in [2.45, 2.75) is 26.3 Å². The Labute approximate surface area is 137 Å². The summed E-state index contributed by atoms with van der Waals surface area (Å²) in [4.78, 5) is 25.2. The first-order valence-electron chi connectivity index (χ1n) is 7.60. The molecule has 2 rings (SSSR count). The molecule has 1 atom stereocenters. The van der Waals surface area contributed by atoms with Crippen LogP contribution >= 0.6 is 0 Å². The van der Waals surface area contributed by atoms with E-state index < -0.39 is 6.04 Å². The minimum Gasteiger partial charge on any atom is -0.336 e. The van der Waals surface area contributed by atoms with E-state index in [2.05, 4.69) is 11.4 Å². The van der Waals surface area contributed by atoms with Crippen molar-refractivity contribution in [2.75, 3.05) is 12.4 Å².